The second kappa shape index (κ2) is 8.84. The molecule has 0 bridgehead atoms. The molecule has 0 aliphatic heterocycles. The first-order chi connectivity index (χ1) is 8.39. The lowest BCUT2D eigenvalue weighted by Gasteiger charge is -2.23. The summed E-state index contributed by atoms with van der Waals surface area (Å²) in [5, 5.41) is 2.73. The van der Waals surface area contributed by atoms with Crippen LogP contribution in [0.1, 0.15) is 60.3 Å². The van der Waals surface area contributed by atoms with Gasteiger partial charge in [-0.3, -0.25) is 5.32 Å². The van der Waals surface area contributed by atoms with E-state index in [1.54, 1.807) is 12.3 Å². The third-order valence-electron chi connectivity index (χ3n) is 2.13. The van der Waals surface area contributed by atoms with Crippen LogP contribution in [0.2, 0.25) is 0 Å². The molecule has 4 nitrogen and oxygen atoms in total. The van der Waals surface area contributed by atoms with Crippen molar-refractivity contribution in [3.63, 3.8) is 0 Å². The minimum absolute atomic E-state index is 0.317. The Bertz CT molecular complexity index is 256. The molecule has 0 aliphatic carbocycles. The average molecular weight is 257 g/mol. The number of allylic oxidation sites excluding steroid dienone is 1. The molecule has 106 valence electrons. The maximum Gasteiger partial charge on any atom is 0.410 e. The van der Waals surface area contributed by atoms with Crippen LogP contribution in [0.5, 0.6) is 0 Å². The normalized spacial score (nSPS) is 13.4. The summed E-state index contributed by atoms with van der Waals surface area (Å²) in [5.41, 5.74) is -0.487. The summed E-state index contributed by atoms with van der Waals surface area (Å²) in [4.78, 5) is 11.6. The molecule has 1 atom stereocenters. The molecule has 1 N–H and O–H groups in total. The van der Waals surface area contributed by atoms with E-state index in [4.69, 9.17) is 9.47 Å². The van der Waals surface area contributed by atoms with E-state index in [9.17, 15) is 4.79 Å². The van der Waals surface area contributed by atoms with Crippen molar-refractivity contribution < 1.29 is 14.3 Å². The van der Waals surface area contributed by atoms with E-state index in [0.29, 0.717) is 0 Å². The minimum atomic E-state index is -0.487. The van der Waals surface area contributed by atoms with E-state index >= 15 is 0 Å². The van der Waals surface area contributed by atoms with Crippen molar-refractivity contribution in [2.24, 2.45) is 0 Å². The first kappa shape index (κ1) is 16.8. The maximum absolute atomic E-state index is 11.6. The van der Waals surface area contributed by atoms with Crippen molar-refractivity contribution in [2.75, 3.05) is 0 Å². The SMILES string of the molecule is C/C=C\OC(CCCCC)NC(=O)OC(C)(C)C. The van der Waals surface area contributed by atoms with Crippen LogP contribution < -0.4 is 5.32 Å². The summed E-state index contributed by atoms with van der Waals surface area (Å²) >= 11 is 0. The molecular weight excluding hydrogens is 230 g/mol. The molecule has 0 aromatic rings. The van der Waals surface area contributed by atoms with Crippen molar-refractivity contribution in [1.82, 2.24) is 5.32 Å². The second-order valence-corrected chi connectivity index (χ2v) is 5.24. The third-order valence-corrected chi connectivity index (χ3v) is 2.13. The Morgan fingerprint density at radius 3 is 2.50 bits per heavy atom. The van der Waals surface area contributed by atoms with Crippen molar-refractivity contribution in [2.45, 2.75) is 72.1 Å². The van der Waals surface area contributed by atoms with Crippen molar-refractivity contribution in [3.05, 3.63) is 12.3 Å². The van der Waals surface area contributed by atoms with Crippen molar-refractivity contribution in [3.8, 4) is 0 Å². The molecule has 1 unspecified atom stereocenters. The number of alkyl carbamates (subject to hydrolysis) is 1. The van der Waals surface area contributed by atoms with Gasteiger partial charge in [0, 0.05) is 6.42 Å². The molecule has 0 aromatic heterocycles. The molecule has 4 heteroatoms. The van der Waals surface area contributed by atoms with Gasteiger partial charge >= 0.3 is 6.09 Å². The monoisotopic (exact) mass is 257 g/mol. The number of hydrogen-bond donors (Lipinski definition) is 1. The molecule has 0 fully saturated rings. The number of ether oxygens (including phenoxy) is 2. The van der Waals surface area contributed by atoms with Gasteiger partial charge in [0.05, 0.1) is 6.26 Å². The third kappa shape index (κ3) is 10.00. The second-order valence-electron chi connectivity index (χ2n) is 5.24. The highest BCUT2D eigenvalue weighted by molar-refractivity contribution is 5.67. The first-order valence-corrected chi connectivity index (χ1v) is 6.65. The molecule has 18 heavy (non-hydrogen) atoms. The van der Waals surface area contributed by atoms with Crippen LogP contribution in [-0.2, 0) is 9.47 Å². The van der Waals surface area contributed by atoms with Crippen molar-refractivity contribution in [1.29, 1.82) is 0 Å². The molecule has 0 heterocycles. The quantitative estimate of drug-likeness (QED) is 0.426. The summed E-state index contributed by atoms with van der Waals surface area (Å²) in [6.45, 7) is 9.53. The van der Waals surface area contributed by atoms with Gasteiger partial charge in [-0.15, -0.1) is 0 Å². The number of hydrogen-bond acceptors (Lipinski definition) is 3. The lowest BCUT2D eigenvalue weighted by atomic mass is 10.2. The Kier molecular flexibility index (Phi) is 8.25. The van der Waals surface area contributed by atoms with Gasteiger partial charge in [0.2, 0.25) is 0 Å². The van der Waals surface area contributed by atoms with Gasteiger partial charge < -0.3 is 9.47 Å². The van der Waals surface area contributed by atoms with E-state index in [2.05, 4.69) is 12.2 Å². The molecule has 0 rings (SSSR count). The van der Waals surface area contributed by atoms with Gasteiger partial charge in [0.1, 0.15) is 5.60 Å². The van der Waals surface area contributed by atoms with Gasteiger partial charge in [-0.1, -0.05) is 25.8 Å². The zero-order chi connectivity index (χ0) is 14.0. The number of amides is 1. The predicted octanol–water partition coefficient (Wildman–Crippen LogP) is 3.97. The summed E-state index contributed by atoms with van der Waals surface area (Å²) in [6.07, 6.45) is 6.72. The van der Waals surface area contributed by atoms with Gasteiger partial charge in [0.15, 0.2) is 6.23 Å². The molecule has 0 saturated carbocycles. The van der Waals surface area contributed by atoms with E-state index in [0.717, 1.165) is 25.7 Å². The molecule has 0 spiro atoms. The Morgan fingerprint density at radius 1 is 1.33 bits per heavy atom. The van der Waals surface area contributed by atoms with Crippen molar-refractivity contribution >= 4 is 6.09 Å². The van der Waals surface area contributed by atoms with Crippen LogP contribution in [0, 0.1) is 0 Å². The summed E-state index contributed by atoms with van der Waals surface area (Å²) in [7, 11) is 0. The largest absolute Gasteiger partial charge is 0.479 e. The molecule has 0 aromatic carbocycles. The van der Waals surface area contributed by atoms with Gasteiger partial charge in [-0.2, -0.15) is 0 Å². The van der Waals surface area contributed by atoms with E-state index in [1.165, 1.54) is 0 Å². The first-order valence-electron chi connectivity index (χ1n) is 6.65. The van der Waals surface area contributed by atoms with Gasteiger partial charge in [0.25, 0.3) is 0 Å². The molecule has 0 saturated heterocycles. The van der Waals surface area contributed by atoms with Gasteiger partial charge in [-0.25, -0.2) is 4.79 Å². The zero-order valence-electron chi connectivity index (χ0n) is 12.3. The number of carbonyl (C=O) groups is 1. The van der Waals surface area contributed by atoms with E-state index < -0.39 is 11.7 Å². The van der Waals surface area contributed by atoms with Crippen LogP contribution in [0.15, 0.2) is 12.3 Å². The zero-order valence-corrected chi connectivity index (χ0v) is 12.3. The van der Waals surface area contributed by atoms with E-state index in [1.807, 2.05) is 27.7 Å². The van der Waals surface area contributed by atoms with Gasteiger partial charge in [-0.05, 0) is 34.1 Å². The van der Waals surface area contributed by atoms with Crippen LogP contribution >= 0.6 is 0 Å². The number of nitrogens with one attached hydrogen (secondary N) is 1. The lowest BCUT2D eigenvalue weighted by Crippen LogP contribution is -2.39. The maximum atomic E-state index is 11.6. The summed E-state index contributed by atoms with van der Waals surface area (Å²) in [6, 6.07) is 0. The number of unbranched alkanes of at least 4 members (excludes halogenated alkanes) is 2. The Morgan fingerprint density at radius 2 is 2.00 bits per heavy atom. The Labute approximate surface area is 111 Å². The Balaban J connectivity index is 4.16. The predicted molar refractivity (Wildman–Crippen MR) is 73.2 cm³/mol. The summed E-state index contributed by atoms with van der Waals surface area (Å²) in [5.74, 6) is 0. The number of carbonyl (C=O) groups excluding carboxylic acids is 1. The fourth-order valence-corrected chi connectivity index (χ4v) is 1.37. The van der Waals surface area contributed by atoms with Crippen LogP contribution in [0.4, 0.5) is 4.79 Å². The fourth-order valence-electron chi connectivity index (χ4n) is 1.37. The van der Waals surface area contributed by atoms with Crippen LogP contribution in [0.3, 0.4) is 0 Å². The summed E-state index contributed by atoms with van der Waals surface area (Å²) < 4.78 is 10.6. The highest BCUT2D eigenvalue weighted by Crippen LogP contribution is 2.09. The number of rotatable bonds is 7. The minimum Gasteiger partial charge on any atom is -0.479 e. The highest BCUT2D eigenvalue weighted by Gasteiger charge is 2.19. The standard InChI is InChI=1S/C14H27NO3/c1-6-8-9-10-12(17-11-7-2)15-13(16)18-14(3,4)5/h7,11-12H,6,8-10H2,1-5H3,(H,15,16)/b11-7-. The van der Waals surface area contributed by atoms with Crippen LogP contribution in [-0.4, -0.2) is 17.9 Å². The molecule has 0 aliphatic rings. The Hall–Kier alpha value is -1.19. The smallest absolute Gasteiger partial charge is 0.410 e. The average Bonchev–Trinajstić information content (AvgIpc) is 2.23. The molecule has 0 radical (unpaired) electrons. The van der Waals surface area contributed by atoms with Crippen LogP contribution in [0.25, 0.3) is 0 Å². The topological polar surface area (TPSA) is 47.6 Å². The lowest BCUT2D eigenvalue weighted by molar-refractivity contribution is 0.0302. The van der Waals surface area contributed by atoms with E-state index in [-0.39, 0.29) is 6.23 Å². The highest BCUT2D eigenvalue weighted by atomic mass is 16.6. The molecular formula is C14H27NO3. The fraction of sp³-hybridized carbons (Fsp3) is 0.786. The molecule has 1 amide bonds.